The maximum Gasteiger partial charge on any atom is 0.217 e. The molecule has 0 bridgehead atoms. The molecule has 0 aromatic carbocycles. The number of carbonyl (C=O) groups excluding carboxylic acids is 1. The molecule has 0 saturated carbocycles. The summed E-state index contributed by atoms with van der Waals surface area (Å²) in [6, 6.07) is 0. The van der Waals surface area contributed by atoms with Gasteiger partial charge in [-0.1, -0.05) is 103 Å². The molecule has 2 atom stereocenters. The van der Waals surface area contributed by atoms with Gasteiger partial charge in [0, 0.05) is 13.3 Å². The Morgan fingerprint density at radius 2 is 1.35 bits per heavy atom. The highest BCUT2D eigenvalue weighted by atomic mass is 16.1. The van der Waals surface area contributed by atoms with Crippen LogP contribution in [-0.2, 0) is 4.79 Å². The zero-order chi connectivity index (χ0) is 24.7. The highest BCUT2D eigenvalue weighted by Gasteiger charge is 2.36. The van der Waals surface area contributed by atoms with E-state index < -0.39 is 0 Å². The van der Waals surface area contributed by atoms with Crippen LogP contribution in [0.5, 0.6) is 0 Å². The second-order valence-corrected chi connectivity index (χ2v) is 10.4. The Bertz CT molecular complexity index is 545. The van der Waals surface area contributed by atoms with Crippen LogP contribution in [-0.4, -0.2) is 36.2 Å². The summed E-state index contributed by atoms with van der Waals surface area (Å²) in [7, 11) is 0. The van der Waals surface area contributed by atoms with E-state index in [4.69, 9.17) is 0 Å². The predicted octanol–water partition coefficient (Wildman–Crippen LogP) is 7.96. The average molecular weight is 477 g/mol. The summed E-state index contributed by atoms with van der Waals surface area (Å²) in [6.07, 6.45) is 34.3. The standard InChI is InChI=1S/C30H57N3O/c1-4-6-7-8-9-10-11-12-13-14-15-16-17-18-19-20-21-22-23-24-30-32-26-28-33(30,5-2)27-25-31-29(3)34/h8-9,26,28,30,32H,4-7,10-25,27H2,1-3H3/p+1/b9-8+. The molecule has 0 spiro atoms. The van der Waals surface area contributed by atoms with Crippen molar-refractivity contribution in [1.82, 2.24) is 10.6 Å². The molecule has 0 radical (unpaired) electrons. The molecule has 0 aliphatic carbocycles. The third kappa shape index (κ3) is 14.9. The lowest BCUT2D eigenvalue weighted by Gasteiger charge is -2.37. The molecule has 4 heteroatoms. The van der Waals surface area contributed by atoms with Gasteiger partial charge in [0.05, 0.1) is 19.3 Å². The Morgan fingerprint density at radius 1 is 0.824 bits per heavy atom. The average Bonchev–Trinajstić information content (AvgIpc) is 3.23. The predicted molar refractivity (Wildman–Crippen MR) is 148 cm³/mol. The molecule has 2 N–H and O–H groups in total. The van der Waals surface area contributed by atoms with Gasteiger partial charge < -0.3 is 10.6 Å². The number of carbonyl (C=O) groups is 1. The molecule has 1 heterocycles. The minimum Gasteiger partial charge on any atom is -0.351 e. The first-order chi connectivity index (χ1) is 16.6. The van der Waals surface area contributed by atoms with Crippen molar-refractivity contribution >= 4 is 5.91 Å². The van der Waals surface area contributed by atoms with Gasteiger partial charge in [-0.15, -0.1) is 0 Å². The zero-order valence-electron chi connectivity index (χ0n) is 23.1. The molecule has 0 fully saturated rings. The summed E-state index contributed by atoms with van der Waals surface area (Å²) < 4.78 is 0.955. The topological polar surface area (TPSA) is 41.1 Å². The molecule has 1 rings (SSSR count). The fourth-order valence-corrected chi connectivity index (χ4v) is 5.15. The first-order valence-corrected chi connectivity index (χ1v) is 14.8. The van der Waals surface area contributed by atoms with Crippen molar-refractivity contribution in [3.8, 4) is 0 Å². The molecule has 2 unspecified atom stereocenters. The number of likely N-dealkylation sites (N-methyl/N-ethyl adjacent to an activating group) is 1. The molecule has 198 valence electrons. The number of hydrogen-bond donors (Lipinski definition) is 2. The fourth-order valence-electron chi connectivity index (χ4n) is 5.15. The Kier molecular flexibility index (Phi) is 19.0. The Hall–Kier alpha value is -1.29. The SMILES string of the molecule is CCCC/C=C/CCCCCCCCCCCCCCCC1NC=C[N+]1(CC)CCNC(C)=O. The maximum atomic E-state index is 11.2. The van der Waals surface area contributed by atoms with Crippen LogP contribution in [0.2, 0.25) is 0 Å². The normalized spacial score (nSPS) is 19.7. The summed E-state index contributed by atoms with van der Waals surface area (Å²) in [4.78, 5) is 11.2. The number of quaternary nitrogens is 1. The number of rotatable bonds is 23. The maximum absolute atomic E-state index is 11.2. The molecule has 0 saturated heterocycles. The van der Waals surface area contributed by atoms with Gasteiger partial charge in [-0.2, -0.15) is 0 Å². The molecular weight excluding hydrogens is 418 g/mol. The van der Waals surface area contributed by atoms with Crippen molar-refractivity contribution in [2.24, 2.45) is 0 Å². The minimum absolute atomic E-state index is 0.0682. The molecular formula is C30H58N3O+. The quantitative estimate of drug-likeness (QED) is 0.0892. The van der Waals surface area contributed by atoms with E-state index in [1.807, 2.05) is 0 Å². The highest BCUT2D eigenvalue weighted by Crippen LogP contribution is 2.23. The van der Waals surface area contributed by atoms with Crippen molar-refractivity contribution in [1.29, 1.82) is 0 Å². The zero-order valence-corrected chi connectivity index (χ0v) is 23.1. The van der Waals surface area contributed by atoms with E-state index in [0.717, 1.165) is 24.1 Å². The Morgan fingerprint density at radius 3 is 1.88 bits per heavy atom. The lowest BCUT2D eigenvalue weighted by Crippen LogP contribution is -2.55. The summed E-state index contributed by atoms with van der Waals surface area (Å²) in [5.74, 6) is 0.0682. The molecule has 34 heavy (non-hydrogen) atoms. The third-order valence-electron chi connectivity index (χ3n) is 7.51. The second-order valence-electron chi connectivity index (χ2n) is 10.4. The first kappa shape index (κ1) is 30.7. The van der Waals surface area contributed by atoms with Crippen LogP contribution in [0.25, 0.3) is 0 Å². The van der Waals surface area contributed by atoms with Crippen LogP contribution in [0.15, 0.2) is 24.6 Å². The number of allylic oxidation sites excluding steroid dienone is 2. The van der Waals surface area contributed by atoms with Crippen LogP contribution in [0.3, 0.4) is 0 Å². The smallest absolute Gasteiger partial charge is 0.217 e. The Balaban J connectivity index is 1.89. The number of nitrogens with one attached hydrogen (secondary N) is 2. The van der Waals surface area contributed by atoms with E-state index in [0.29, 0.717) is 6.17 Å². The van der Waals surface area contributed by atoms with Gasteiger partial charge in [0.1, 0.15) is 12.7 Å². The summed E-state index contributed by atoms with van der Waals surface area (Å²) in [6.45, 7) is 8.92. The van der Waals surface area contributed by atoms with Crippen LogP contribution in [0.1, 0.15) is 136 Å². The number of hydrogen-bond acceptors (Lipinski definition) is 2. The number of amides is 1. The molecule has 0 aromatic rings. The van der Waals surface area contributed by atoms with Gasteiger partial charge in [0.25, 0.3) is 0 Å². The van der Waals surface area contributed by atoms with Crippen LogP contribution < -0.4 is 10.6 Å². The van der Waals surface area contributed by atoms with E-state index in [9.17, 15) is 4.79 Å². The molecule has 1 aliphatic heterocycles. The van der Waals surface area contributed by atoms with Crippen molar-refractivity contribution in [2.75, 3.05) is 19.6 Å². The van der Waals surface area contributed by atoms with Crippen LogP contribution in [0.4, 0.5) is 0 Å². The molecule has 4 nitrogen and oxygen atoms in total. The van der Waals surface area contributed by atoms with E-state index in [1.165, 1.54) is 116 Å². The van der Waals surface area contributed by atoms with Crippen molar-refractivity contribution in [3.63, 3.8) is 0 Å². The van der Waals surface area contributed by atoms with Crippen molar-refractivity contribution in [3.05, 3.63) is 24.6 Å². The van der Waals surface area contributed by atoms with Gasteiger partial charge in [0.15, 0.2) is 6.17 Å². The highest BCUT2D eigenvalue weighted by molar-refractivity contribution is 5.72. The summed E-state index contributed by atoms with van der Waals surface area (Å²) >= 11 is 0. The van der Waals surface area contributed by atoms with E-state index >= 15 is 0 Å². The van der Waals surface area contributed by atoms with Crippen molar-refractivity contribution < 1.29 is 9.28 Å². The van der Waals surface area contributed by atoms with E-state index in [2.05, 4.69) is 49.0 Å². The monoisotopic (exact) mass is 476 g/mol. The van der Waals surface area contributed by atoms with E-state index in [-0.39, 0.29) is 5.91 Å². The number of nitrogens with zero attached hydrogens (tertiary/aromatic N) is 1. The fraction of sp³-hybridized carbons (Fsp3) is 0.833. The van der Waals surface area contributed by atoms with Crippen LogP contribution in [0, 0.1) is 0 Å². The summed E-state index contributed by atoms with van der Waals surface area (Å²) in [5.41, 5.74) is 0. The van der Waals surface area contributed by atoms with E-state index in [1.54, 1.807) is 6.92 Å². The third-order valence-corrected chi connectivity index (χ3v) is 7.51. The van der Waals surface area contributed by atoms with Gasteiger partial charge in [0.2, 0.25) is 5.91 Å². The van der Waals surface area contributed by atoms with Gasteiger partial charge in [-0.3, -0.25) is 9.28 Å². The Labute approximate surface area is 212 Å². The van der Waals surface area contributed by atoms with Gasteiger partial charge >= 0.3 is 0 Å². The largest absolute Gasteiger partial charge is 0.351 e. The number of unbranched alkanes of at least 4 members (excludes halogenated alkanes) is 15. The van der Waals surface area contributed by atoms with Crippen LogP contribution >= 0.6 is 0 Å². The van der Waals surface area contributed by atoms with Gasteiger partial charge in [-0.25, -0.2) is 0 Å². The molecule has 0 aromatic heterocycles. The molecule has 1 aliphatic rings. The summed E-state index contributed by atoms with van der Waals surface area (Å²) in [5, 5.41) is 6.53. The lowest BCUT2D eigenvalue weighted by molar-refractivity contribution is -0.898. The van der Waals surface area contributed by atoms with Crippen molar-refractivity contribution in [2.45, 2.75) is 143 Å². The minimum atomic E-state index is 0.0682. The lowest BCUT2D eigenvalue weighted by atomic mass is 10.0. The second kappa shape index (κ2) is 21.0. The first-order valence-electron chi connectivity index (χ1n) is 14.8. The van der Waals surface area contributed by atoms with Gasteiger partial charge in [-0.05, 0) is 32.6 Å². The molecule has 1 amide bonds.